The lowest BCUT2D eigenvalue weighted by Crippen LogP contribution is -2.29. The second kappa shape index (κ2) is 7.46. The van der Waals surface area contributed by atoms with Crippen LogP contribution in [0.25, 0.3) is 11.1 Å². The van der Waals surface area contributed by atoms with Gasteiger partial charge in [-0.3, -0.25) is 0 Å². The topological polar surface area (TPSA) is 48.7 Å². The predicted molar refractivity (Wildman–Crippen MR) is 109 cm³/mol. The van der Waals surface area contributed by atoms with Crippen molar-refractivity contribution >= 4 is 11.7 Å². The number of oxime groups is 1. The van der Waals surface area contributed by atoms with Gasteiger partial charge in [0.2, 0.25) is 0 Å². The molecule has 4 heteroatoms. The molecule has 1 aliphatic heterocycles. The van der Waals surface area contributed by atoms with E-state index in [4.69, 9.17) is 10.2 Å². The summed E-state index contributed by atoms with van der Waals surface area (Å²) in [6.45, 7) is 3.11. The summed E-state index contributed by atoms with van der Waals surface area (Å²) in [5.74, 6) is 0. The maximum Gasteiger partial charge on any atom is 0.315 e. The van der Waals surface area contributed by atoms with Crippen LogP contribution in [0.2, 0.25) is 0 Å². The van der Waals surface area contributed by atoms with Gasteiger partial charge in [-0.25, -0.2) is 5.41 Å². The van der Waals surface area contributed by atoms with Crippen LogP contribution in [0.1, 0.15) is 23.6 Å². The van der Waals surface area contributed by atoms with E-state index >= 15 is 0 Å². The summed E-state index contributed by atoms with van der Waals surface area (Å²) in [4.78, 5) is 7.39. The van der Waals surface area contributed by atoms with E-state index in [1.165, 1.54) is 22.3 Å². The van der Waals surface area contributed by atoms with Gasteiger partial charge in [-0.05, 0) is 34.7 Å². The number of amidine groups is 1. The Hall–Kier alpha value is -3.40. The number of rotatable bonds is 2. The fourth-order valence-electron chi connectivity index (χ4n) is 3.35. The lowest BCUT2D eigenvalue weighted by atomic mass is 9.97. The molecule has 0 aromatic heterocycles. The zero-order valence-electron chi connectivity index (χ0n) is 15.2. The van der Waals surface area contributed by atoms with Crippen LogP contribution in [-0.4, -0.2) is 16.6 Å². The maximum atomic E-state index is 8.42. The first kappa shape index (κ1) is 17.0. The molecule has 0 saturated heterocycles. The van der Waals surface area contributed by atoms with Gasteiger partial charge in [-0.2, -0.15) is 0 Å². The van der Waals surface area contributed by atoms with Gasteiger partial charge in [0.1, 0.15) is 0 Å². The summed E-state index contributed by atoms with van der Waals surface area (Å²) in [7, 11) is 0. The second-order valence-electron chi connectivity index (χ2n) is 6.61. The van der Waals surface area contributed by atoms with Gasteiger partial charge in [0.15, 0.2) is 0 Å². The van der Waals surface area contributed by atoms with E-state index in [2.05, 4.69) is 41.6 Å². The summed E-state index contributed by atoms with van der Waals surface area (Å²) >= 11 is 0. The van der Waals surface area contributed by atoms with Gasteiger partial charge in [0, 0.05) is 13.1 Å². The Kier molecular flexibility index (Phi) is 4.71. The van der Waals surface area contributed by atoms with E-state index < -0.39 is 0 Å². The number of hydrogen-bond donors (Lipinski definition) is 1. The van der Waals surface area contributed by atoms with E-state index in [0.717, 1.165) is 11.3 Å². The molecule has 0 aliphatic carbocycles. The molecule has 4 nitrogen and oxygen atoms in total. The minimum Gasteiger partial charge on any atom is -0.318 e. The normalized spacial score (nSPS) is 13.4. The first-order chi connectivity index (χ1) is 13.2. The molecule has 0 atom stereocenters. The summed E-state index contributed by atoms with van der Waals surface area (Å²) in [5.41, 5.74) is 6.52. The number of benzene rings is 3. The number of fused-ring (bicyclic) bond motifs is 3. The Balaban J connectivity index is 1.59. The molecule has 1 N–H and O–H groups in total. The van der Waals surface area contributed by atoms with E-state index in [0.29, 0.717) is 13.1 Å². The average molecular weight is 355 g/mol. The zero-order chi connectivity index (χ0) is 18.6. The van der Waals surface area contributed by atoms with Crippen molar-refractivity contribution in [1.29, 1.82) is 5.41 Å². The summed E-state index contributed by atoms with van der Waals surface area (Å²) in [6, 6.07) is 26.6. The van der Waals surface area contributed by atoms with Gasteiger partial charge in [-0.15, -0.1) is 0 Å². The van der Waals surface area contributed by atoms with Crippen molar-refractivity contribution in [1.82, 2.24) is 4.90 Å². The zero-order valence-corrected chi connectivity index (χ0v) is 15.2. The lowest BCUT2D eigenvalue weighted by Gasteiger charge is -2.21. The first-order valence-corrected chi connectivity index (χ1v) is 8.99. The predicted octanol–water partition coefficient (Wildman–Crippen LogP) is 5.04. The van der Waals surface area contributed by atoms with Crippen LogP contribution >= 0.6 is 0 Å². The van der Waals surface area contributed by atoms with Gasteiger partial charge in [-0.1, -0.05) is 84.0 Å². The van der Waals surface area contributed by atoms with E-state index in [-0.39, 0.29) is 6.02 Å². The highest BCUT2D eigenvalue weighted by Crippen LogP contribution is 2.32. The molecular formula is C23H21N3O. The Labute approximate surface area is 159 Å². The first-order valence-electron chi connectivity index (χ1n) is 8.99. The SMILES string of the molecule is CC(=NOC(=N)N1Cc2ccccc2-c2ccccc2C1)c1ccccc1. The van der Waals surface area contributed by atoms with Gasteiger partial charge < -0.3 is 9.74 Å². The molecule has 0 fully saturated rings. The summed E-state index contributed by atoms with van der Waals surface area (Å²) in [5, 5.41) is 12.6. The van der Waals surface area contributed by atoms with Crippen LogP contribution in [-0.2, 0) is 17.9 Å². The number of hydrogen-bond acceptors (Lipinski definition) is 3. The third-order valence-electron chi connectivity index (χ3n) is 4.80. The van der Waals surface area contributed by atoms with Gasteiger partial charge in [0.25, 0.3) is 0 Å². The van der Waals surface area contributed by atoms with E-state index in [1.54, 1.807) is 0 Å². The highest BCUT2D eigenvalue weighted by molar-refractivity contribution is 5.98. The molecule has 0 spiro atoms. The van der Waals surface area contributed by atoms with Crippen molar-refractivity contribution in [2.24, 2.45) is 5.16 Å². The Morgan fingerprint density at radius 2 is 1.33 bits per heavy atom. The molecule has 1 aliphatic rings. The van der Waals surface area contributed by atoms with Crippen LogP contribution in [0, 0.1) is 5.41 Å². The van der Waals surface area contributed by atoms with Crippen molar-refractivity contribution in [3.63, 3.8) is 0 Å². The second-order valence-corrected chi connectivity index (χ2v) is 6.61. The smallest absolute Gasteiger partial charge is 0.315 e. The van der Waals surface area contributed by atoms with Crippen LogP contribution in [0.5, 0.6) is 0 Å². The fourth-order valence-corrected chi connectivity index (χ4v) is 3.35. The summed E-state index contributed by atoms with van der Waals surface area (Å²) < 4.78 is 0. The van der Waals surface area contributed by atoms with Crippen molar-refractivity contribution in [3.8, 4) is 11.1 Å². The Bertz CT molecular complexity index is 948. The number of nitrogens with one attached hydrogen (secondary N) is 1. The minimum atomic E-state index is 0.0526. The van der Waals surface area contributed by atoms with Crippen molar-refractivity contribution in [2.45, 2.75) is 20.0 Å². The summed E-state index contributed by atoms with van der Waals surface area (Å²) in [6.07, 6.45) is 0. The number of nitrogens with zero attached hydrogens (tertiary/aromatic N) is 2. The maximum absolute atomic E-state index is 8.42. The highest BCUT2D eigenvalue weighted by Gasteiger charge is 2.21. The molecule has 0 saturated carbocycles. The van der Waals surface area contributed by atoms with Crippen LogP contribution < -0.4 is 0 Å². The lowest BCUT2D eigenvalue weighted by molar-refractivity contribution is 0.230. The highest BCUT2D eigenvalue weighted by atomic mass is 16.6. The molecule has 0 bridgehead atoms. The molecule has 4 rings (SSSR count). The van der Waals surface area contributed by atoms with Crippen LogP contribution in [0.3, 0.4) is 0 Å². The fraction of sp³-hybridized carbons (Fsp3) is 0.130. The van der Waals surface area contributed by atoms with Crippen LogP contribution in [0.4, 0.5) is 0 Å². The molecule has 3 aromatic carbocycles. The standard InChI is InChI=1S/C23H21N3O/c1-17(18-9-3-2-4-10-18)25-27-23(24)26-15-19-11-5-7-13-21(19)22-14-8-6-12-20(22)16-26/h2-14,24H,15-16H2,1H3. The Morgan fingerprint density at radius 3 is 1.93 bits per heavy atom. The van der Waals surface area contributed by atoms with Gasteiger partial charge >= 0.3 is 6.02 Å². The Morgan fingerprint density at radius 1 is 0.815 bits per heavy atom. The van der Waals surface area contributed by atoms with E-state index in [1.807, 2.05) is 54.3 Å². The molecule has 3 aromatic rings. The average Bonchev–Trinajstić information content (AvgIpc) is 2.89. The van der Waals surface area contributed by atoms with E-state index in [9.17, 15) is 0 Å². The van der Waals surface area contributed by atoms with Crippen LogP contribution in [0.15, 0.2) is 84.0 Å². The van der Waals surface area contributed by atoms with Crippen molar-refractivity contribution < 1.29 is 4.84 Å². The minimum absolute atomic E-state index is 0.0526. The molecule has 27 heavy (non-hydrogen) atoms. The molecule has 0 radical (unpaired) electrons. The third kappa shape index (κ3) is 3.60. The van der Waals surface area contributed by atoms with Gasteiger partial charge in [0.05, 0.1) is 5.71 Å². The largest absolute Gasteiger partial charge is 0.318 e. The molecule has 1 heterocycles. The van der Waals surface area contributed by atoms with Crippen molar-refractivity contribution in [3.05, 3.63) is 95.6 Å². The molecule has 0 amide bonds. The third-order valence-corrected chi connectivity index (χ3v) is 4.80. The molecule has 0 unspecified atom stereocenters. The quantitative estimate of drug-likeness (QED) is 0.397. The monoisotopic (exact) mass is 355 g/mol. The molecular weight excluding hydrogens is 334 g/mol. The van der Waals surface area contributed by atoms with Crippen molar-refractivity contribution in [2.75, 3.05) is 0 Å². The molecule has 134 valence electrons.